The molecule has 1 saturated heterocycles. The summed E-state index contributed by atoms with van der Waals surface area (Å²) in [4.78, 5) is 2.21. The van der Waals surface area contributed by atoms with Crippen molar-refractivity contribution in [2.24, 2.45) is 5.73 Å². The molecule has 20 heavy (non-hydrogen) atoms. The number of β-amino-alcohol motifs (C(OH)–C–C–N with tert-alkyl or cyclic N) is 1. The minimum absolute atomic E-state index is 0.179. The quantitative estimate of drug-likeness (QED) is 0.873. The van der Waals surface area contributed by atoms with Crippen molar-refractivity contribution in [3.8, 4) is 5.75 Å². The molecule has 1 unspecified atom stereocenters. The molecule has 1 atom stereocenters. The van der Waals surface area contributed by atoms with Gasteiger partial charge in [0.25, 0.3) is 0 Å². The maximum Gasteiger partial charge on any atom is 0.121 e. The minimum Gasteiger partial charge on any atom is -0.490 e. The summed E-state index contributed by atoms with van der Waals surface area (Å²) in [5.41, 5.74) is 5.42. The third kappa shape index (κ3) is 4.50. The van der Waals surface area contributed by atoms with Gasteiger partial charge in [0, 0.05) is 32.2 Å². The number of benzene rings is 1. The van der Waals surface area contributed by atoms with Crippen LogP contribution in [0.25, 0.3) is 0 Å². The van der Waals surface area contributed by atoms with Gasteiger partial charge >= 0.3 is 0 Å². The highest BCUT2D eigenvalue weighted by atomic mass is 35.5. The number of nitrogens with zero attached hydrogens (tertiary/aromatic N) is 1. The number of aliphatic hydroxyl groups is 1. The third-order valence-corrected chi connectivity index (χ3v) is 4.21. The van der Waals surface area contributed by atoms with E-state index in [-0.39, 0.29) is 6.10 Å². The van der Waals surface area contributed by atoms with Crippen molar-refractivity contribution >= 4 is 23.2 Å². The van der Waals surface area contributed by atoms with Crippen molar-refractivity contribution in [2.75, 3.05) is 26.2 Å². The van der Waals surface area contributed by atoms with E-state index in [1.165, 1.54) is 0 Å². The first-order valence-corrected chi connectivity index (χ1v) is 7.56. The Kier molecular flexibility index (Phi) is 5.93. The zero-order chi connectivity index (χ0) is 14.5. The van der Waals surface area contributed by atoms with Crippen LogP contribution in [-0.4, -0.2) is 48.4 Å². The fraction of sp³-hybridized carbons (Fsp3) is 0.571. The van der Waals surface area contributed by atoms with Crippen LogP contribution in [0.2, 0.25) is 10.0 Å². The average molecular weight is 319 g/mol. The van der Waals surface area contributed by atoms with E-state index in [1.807, 2.05) is 6.07 Å². The van der Waals surface area contributed by atoms with Crippen LogP contribution in [0.1, 0.15) is 12.8 Å². The third-order valence-electron chi connectivity index (χ3n) is 3.47. The van der Waals surface area contributed by atoms with Crippen LogP contribution in [0.15, 0.2) is 18.2 Å². The zero-order valence-electron chi connectivity index (χ0n) is 11.3. The van der Waals surface area contributed by atoms with Crippen molar-refractivity contribution in [3.63, 3.8) is 0 Å². The maximum absolute atomic E-state index is 9.54. The van der Waals surface area contributed by atoms with Crippen molar-refractivity contribution < 1.29 is 9.84 Å². The Labute approximate surface area is 129 Å². The Morgan fingerprint density at radius 1 is 1.30 bits per heavy atom. The summed E-state index contributed by atoms with van der Waals surface area (Å²) < 4.78 is 5.91. The van der Waals surface area contributed by atoms with Crippen molar-refractivity contribution in [2.45, 2.75) is 25.0 Å². The molecule has 0 bridgehead atoms. The fourth-order valence-corrected chi connectivity index (χ4v) is 2.61. The number of hydrogen-bond acceptors (Lipinski definition) is 4. The Morgan fingerprint density at radius 2 is 2.00 bits per heavy atom. The Bertz CT molecular complexity index is 437. The van der Waals surface area contributed by atoms with Crippen molar-refractivity contribution in [1.82, 2.24) is 4.90 Å². The standard InChI is InChI=1S/C14H20Cl2N2O2/c15-13-2-1-12(7-14(13)16)20-11-3-5-18(6-4-11)9-10(19)8-17/h1-2,7,10-11,19H,3-6,8-9,17H2. The Morgan fingerprint density at radius 3 is 2.60 bits per heavy atom. The first-order chi connectivity index (χ1) is 9.58. The number of ether oxygens (including phenoxy) is 1. The maximum atomic E-state index is 9.54. The summed E-state index contributed by atoms with van der Waals surface area (Å²) in [5, 5.41) is 10.6. The highest BCUT2D eigenvalue weighted by Gasteiger charge is 2.22. The van der Waals surface area contributed by atoms with E-state index in [2.05, 4.69) is 4.90 Å². The molecule has 1 aliphatic rings. The molecule has 1 fully saturated rings. The summed E-state index contributed by atoms with van der Waals surface area (Å²) >= 11 is 11.8. The smallest absolute Gasteiger partial charge is 0.121 e. The molecular weight excluding hydrogens is 299 g/mol. The molecule has 112 valence electrons. The lowest BCUT2D eigenvalue weighted by Gasteiger charge is -2.33. The molecule has 2 rings (SSSR count). The lowest BCUT2D eigenvalue weighted by molar-refractivity contribution is 0.0641. The predicted molar refractivity (Wildman–Crippen MR) is 81.6 cm³/mol. The summed E-state index contributed by atoms with van der Waals surface area (Å²) in [6, 6.07) is 5.32. The second kappa shape index (κ2) is 7.48. The summed E-state index contributed by atoms with van der Waals surface area (Å²) in [6.45, 7) is 2.75. The molecule has 0 aliphatic carbocycles. The van der Waals surface area contributed by atoms with Crippen molar-refractivity contribution in [3.05, 3.63) is 28.2 Å². The molecule has 0 amide bonds. The molecule has 3 N–H and O–H groups in total. The van der Waals surface area contributed by atoms with E-state index in [1.54, 1.807) is 12.1 Å². The average Bonchev–Trinajstić information content (AvgIpc) is 2.45. The van der Waals surface area contributed by atoms with Crippen molar-refractivity contribution in [1.29, 1.82) is 0 Å². The Hall–Kier alpha value is -0.520. The van der Waals surface area contributed by atoms with Crippen LogP contribution in [-0.2, 0) is 0 Å². The van der Waals surface area contributed by atoms with Gasteiger partial charge in [0.15, 0.2) is 0 Å². The van der Waals surface area contributed by atoms with E-state index >= 15 is 0 Å². The summed E-state index contributed by atoms with van der Waals surface area (Å²) in [5.74, 6) is 0.750. The lowest BCUT2D eigenvalue weighted by Crippen LogP contribution is -2.43. The van der Waals surface area contributed by atoms with E-state index in [4.69, 9.17) is 33.7 Å². The van der Waals surface area contributed by atoms with E-state index in [0.717, 1.165) is 31.7 Å². The number of hydrogen-bond donors (Lipinski definition) is 2. The monoisotopic (exact) mass is 318 g/mol. The SMILES string of the molecule is NCC(O)CN1CCC(Oc2ccc(Cl)c(Cl)c2)CC1. The van der Waals surface area contributed by atoms with Crippen LogP contribution in [0.4, 0.5) is 0 Å². The van der Waals surface area contributed by atoms with Gasteiger partial charge in [0.2, 0.25) is 0 Å². The van der Waals surface area contributed by atoms with Crippen LogP contribution in [0, 0.1) is 0 Å². The molecule has 0 spiro atoms. The molecule has 6 heteroatoms. The van der Waals surface area contributed by atoms with Gasteiger partial charge in [-0.1, -0.05) is 23.2 Å². The highest BCUT2D eigenvalue weighted by molar-refractivity contribution is 6.42. The van der Waals surface area contributed by atoms with Crippen LogP contribution in [0.5, 0.6) is 5.75 Å². The summed E-state index contributed by atoms with van der Waals surface area (Å²) in [7, 11) is 0. The van der Waals surface area contributed by atoms with Gasteiger partial charge in [-0.15, -0.1) is 0 Å². The van der Waals surface area contributed by atoms with E-state index < -0.39 is 6.10 Å². The zero-order valence-corrected chi connectivity index (χ0v) is 12.8. The first kappa shape index (κ1) is 15.9. The number of halogens is 2. The van der Waals surface area contributed by atoms with E-state index in [0.29, 0.717) is 23.1 Å². The van der Waals surface area contributed by atoms with Gasteiger partial charge < -0.3 is 20.5 Å². The normalized spacial score (nSPS) is 19.0. The molecule has 1 aromatic rings. The molecule has 0 saturated carbocycles. The van der Waals surface area contributed by atoms with Gasteiger partial charge in [0.05, 0.1) is 16.1 Å². The van der Waals surface area contributed by atoms with Gasteiger partial charge in [-0.3, -0.25) is 0 Å². The molecule has 1 aromatic carbocycles. The molecular formula is C14H20Cl2N2O2. The molecule has 0 aromatic heterocycles. The van der Waals surface area contributed by atoms with Crippen LogP contribution in [0.3, 0.4) is 0 Å². The van der Waals surface area contributed by atoms with Crippen LogP contribution >= 0.6 is 23.2 Å². The van der Waals surface area contributed by atoms with Gasteiger partial charge in [-0.25, -0.2) is 0 Å². The second-order valence-electron chi connectivity index (χ2n) is 5.08. The molecule has 1 heterocycles. The number of aliphatic hydroxyl groups excluding tert-OH is 1. The topological polar surface area (TPSA) is 58.7 Å². The molecule has 0 radical (unpaired) electrons. The Balaban J connectivity index is 1.80. The number of piperidine rings is 1. The van der Waals surface area contributed by atoms with Crippen LogP contribution < -0.4 is 10.5 Å². The first-order valence-electron chi connectivity index (χ1n) is 6.80. The summed E-state index contributed by atoms with van der Waals surface area (Å²) in [6.07, 6.45) is 1.59. The molecule has 4 nitrogen and oxygen atoms in total. The van der Waals surface area contributed by atoms with Gasteiger partial charge in [-0.2, -0.15) is 0 Å². The number of rotatable bonds is 5. The van der Waals surface area contributed by atoms with Gasteiger partial charge in [-0.05, 0) is 25.0 Å². The van der Waals surface area contributed by atoms with E-state index in [9.17, 15) is 5.11 Å². The minimum atomic E-state index is -0.442. The predicted octanol–water partition coefficient (Wildman–Crippen LogP) is 2.16. The fourth-order valence-electron chi connectivity index (χ4n) is 2.32. The highest BCUT2D eigenvalue weighted by Crippen LogP contribution is 2.28. The largest absolute Gasteiger partial charge is 0.490 e. The van der Waals surface area contributed by atoms with Gasteiger partial charge in [0.1, 0.15) is 11.9 Å². The number of nitrogens with two attached hydrogens (primary N) is 1. The second-order valence-corrected chi connectivity index (χ2v) is 5.90. The molecule has 1 aliphatic heterocycles. The lowest BCUT2D eigenvalue weighted by atomic mass is 10.1. The number of likely N-dealkylation sites (tertiary alicyclic amines) is 1.